The maximum Gasteiger partial charge on any atom is 0.268 e. The van der Waals surface area contributed by atoms with Crippen molar-refractivity contribution in [3.05, 3.63) is 100 Å². The van der Waals surface area contributed by atoms with Gasteiger partial charge in [0.2, 0.25) is 0 Å². The van der Waals surface area contributed by atoms with Crippen molar-refractivity contribution >= 4 is 40.9 Å². The monoisotopic (exact) mass is 470 g/mol. The highest BCUT2D eigenvalue weighted by Gasteiger charge is 2.59. The fourth-order valence-electron chi connectivity index (χ4n) is 4.29. The van der Waals surface area contributed by atoms with Crippen LogP contribution in [-0.2, 0) is 16.2 Å². The van der Waals surface area contributed by atoms with Gasteiger partial charge >= 0.3 is 0 Å². The smallest absolute Gasteiger partial charge is 0.268 e. The molecule has 8 heteroatoms. The Kier molecular flexibility index (Phi) is 5.18. The predicted molar refractivity (Wildman–Crippen MR) is 121 cm³/mol. The number of halogens is 3. The van der Waals surface area contributed by atoms with Crippen molar-refractivity contribution in [3.8, 4) is 0 Å². The second-order valence-corrected chi connectivity index (χ2v) is 9.34. The molecule has 1 atom stereocenters. The number of benzene rings is 3. The van der Waals surface area contributed by atoms with E-state index in [-0.39, 0.29) is 18.4 Å². The summed E-state index contributed by atoms with van der Waals surface area (Å²) in [4.78, 5) is 29.2. The van der Waals surface area contributed by atoms with Gasteiger partial charge in [-0.25, -0.2) is 8.78 Å². The summed E-state index contributed by atoms with van der Waals surface area (Å²) in [6.45, 7) is 0.476. The minimum absolute atomic E-state index is 0.0678. The predicted octanol–water partition coefficient (Wildman–Crippen LogP) is 5.21. The van der Waals surface area contributed by atoms with E-state index in [1.807, 2.05) is 24.3 Å². The van der Waals surface area contributed by atoms with Crippen molar-refractivity contribution in [1.29, 1.82) is 0 Å². The first-order valence-corrected chi connectivity index (χ1v) is 11.3. The lowest BCUT2D eigenvalue weighted by Gasteiger charge is -2.33. The van der Waals surface area contributed by atoms with Crippen LogP contribution in [0, 0.1) is 11.6 Å². The number of hydrogen-bond donors (Lipinski definition) is 0. The molecule has 3 aromatic carbocycles. The summed E-state index contributed by atoms with van der Waals surface area (Å²) in [6.07, 6.45) is 0. The standard InChI is InChI=1S/C24H17ClF2N2O2S/c25-17-8-6-16(7-9-17)22(30)29-11-12-32-24(29)18-3-1-2-4-21(18)28(23(24)31)14-15-5-10-19(26)20(27)13-15/h1-10,13H,11-12,14H2. The molecule has 162 valence electrons. The molecule has 0 N–H and O–H groups in total. The molecule has 1 fully saturated rings. The number of fused-ring (bicyclic) bond motifs is 2. The van der Waals surface area contributed by atoms with Crippen LogP contribution in [0.4, 0.5) is 14.5 Å². The Morgan fingerprint density at radius 3 is 2.53 bits per heavy atom. The van der Waals surface area contributed by atoms with E-state index in [1.165, 1.54) is 17.8 Å². The summed E-state index contributed by atoms with van der Waals surface area (Å²) in [7, 11) is 0. The first-order valence-electron chi connectivity index (χ1n) is 9.99. The third-order valence-corrected chi connectivity index (χ3v) is 7.43. The molecule has 0 bridgehead atoms. The van der Waals surface area contributed by atoms with Gasteiger partial charge in [0.15, 0.2) is 16.5 Å². The summed E-state index contributed by atoms with van der Waals surface area (Å²) < 4.78 is 27.2. The lowest BCUT2D eigenvalue weighted by Crippen LogP contribution is -2.50. The molecule has 2 heterocycles. The van der Waals surface area contributed by atoms with Crippen LogP contribution in [0.3, 0.4) is 0 Å². The molecule has 0 radical (unpaired) electrons. The molecule has 32 heavy (non-hydrogen) atoms. The van der Waals surface area contributed by atoms with Gasteiger partial charge in [-0.3, -0.25) is 9.59 Å². The number of amides is 2. The van der Waals surface area contributed by atoms with E-state index in [2.05, 4.69) is 0 Å². The molecule has 2 amide bonds. The van der Waals surface area contributed by atoms with E-state index >= 15 is 0 Å². The van der Waals surface area contributed by atoms with Crippen molar-refractivity contribution in [1.82, 2.24) is 4.90 Å². The van der Waals surface area contributed by atoms with Gasteiger partial charge in [0.05, 0.1) is 12.2 Å². The topological polar surface area (TPSA) is 40.6 Å². The maximum atomic E-state index is 13.9. The Morgan fingerprint density at radius 2 is 1.78 bits per heavy atom. The minimum Gasteiger partial charge on any atom is -0.311 e. The zero-order valence-corrected chi connectivity index (χ0v) is 18.3. The SMILES string of the molecule is O=C(c1ccc(Cl)cc1)N1CCSC12C(=O)N(Cc1ccc(F)c(F)c1)c1ccccc12. The Bertz CT molecular complexity index is 1240. The number of nitrogens with zero attached hydrogens (tertiary/aromatic N) is 2. The molecule has 2 aliphatic heterocycles. The highest BCUT2D eigenvalue weighted by atomic mass is 35.5. The molecule has 0 saturated carbocycles. The van der Waals surface area contributed by atoms with Crippen LogP contribution in [0.25, 0.3) is 0 Å². The fraction of sp³-hybridized carbons (Fsp3) is 0.167. The van der Waals surface area contributed by atoms with Crippen molar-refractivity contribution in [2.45, 2.75) is 11.4 Å². The molecular weight excluding hydrogens is 454 g/mol. The van der Waals surface area contributed by atoms with E-state index < -0.39 is 16.5 Å². The zero-order chi connectivity index (χ0) is 22.5. The Labute approximate surface area is 192 Å². The first kappa shape index (κ1) is 21.0. The van der Waals surface area contributed by atoms with Gasteiger partial charge in [0.25, 0.3) is 11.8 Å². The van der Waals surface area contributed by atoms with Crippen LogP contribution in [0.15, 0.2) is 66.7 Å². The van der Waals surface area contributed by atoms with Gasteiger partial charge in [-0.1, -0.05) is 35.9 Å². The van der Waals surface area contributed by atoms with Crippen LogP contribution < -0.4 is 4.90 Å². The summed E-state index contributed by atoms with van der Waals surface area (Å²) in [5.41, 5.74) is 2.28. The van der Waals surface area contributed by atoms with Crippen molar-refractivity contribution in [2.75, 3.05) is 17.2 Å². The molecule has 1 saturated heterocycles. The Morgan fingerprint density at radius 1 is 1.03 bits per heavy atom. The maximum absolute atomic E-state index is 13.9. The van der Waals surface area contributed by atoms with Crippen LogP contribution in [0.2, 0.25) is 5.02 Å². The molecule has 2 aliphatic rings. The summed E-state index contributed by atoms with van der Waals surface area (Å²) >= 11 is 7.37. The highest BCUT2D eigenvalue weighted by Crippen LogP contribution is 2.54. The lowest BCUT2D eigenvalue weighted by molar-refractivity contribution is -0.123. The molecule has 0 aromatic heterocycles. The highest BCUT2D eigenvalue weighted by molar-refractivity contribution is 8.01. The van der Waals surface area contributed by atoms with Gasteiger partial charge in [0, 0.05) is 28.4 Å². The van der Waals surface area contributed by atoms with Crippen molar-refractivity contribution < 1.29 is 18.4 Å². The molecule has 3 aromatic rings. The second-order valence-electron chi connectivity index (χ2n) is 7.61. The molecular formula is C24H17ClF2N2O2S. The Hall–Kier alpha value is -2.90. The largest absolute Gasteiger partial charge is 0.311 e. The van der Waals surface area contributed by atoms with E-state index in [1.54, 1.807) is 34.1 Å². The van der Waals surface area contributed by atoms with Crippen molar-refractivity contribution in [3.63, 3.8) is 0 Å². The average molecular weight is 471 g/mol. The lowest BCUT2D eigenvalue weighted by atomic mass is 10.0. The molecule has 1 spiro atoms. The van der Waals surface area contributed by atoms with Crippen LogP contribution in [0.5, 0.6) is 0 Å². The van der Waals surface area contributed by atoms with Crippen LogP contribution >= 0.6 is 23.4 Å². The van der Waals surface area contributed by atoms with Gasteiger partial charge in [-0.15, -0.1) is 11.8 Å². The third kappa shape index (κ3) is 3.19. The second kappa shape index (κ2) is 7.90. The number of anilines is 1. The van der Waals surface area contributed by atoms with Gasteiger partial charge in [0.1, 0.15) is 0 Å². The molecule has 0 aliphatic carbocycles. The quantitative estimate of drug-likeness (QED) is 0.528. The van der Waals surface area contributed by atoms with Crippen LogP contribution in [-0.4, -0.2) is 29.0 Å². The zero-order valence-electron chi connectivity index (χ0n) is 16.7. The van der Waals surface area contributed by atoms with Crippen molar-refractivity contribution in [2.24, 2.45) is 0 Å². The number of hydrogen-bond acceptors (Lipinski definition) is 3. The normalized spacial score (nSPS) is 19.7. The number of carbonyl (C=O) groups is 2. The van der Waals surface area contributed by atoms with Gasteiger partial charge < -0.3 is 9.80 Å². The number of para-hydroxylation sites is 1. The fourth-order valence-corrected chi connectivity index (χ4v) is 5.88. The number of carbonyl (C=O) groups excluding carboxylic acids is 2. The Balaban J connectivity index is 1.56. The van der Waals surface area contributed by atoms with E-state index in [0.717, 1.165) is 17.7 Å². The summed E-state index contributed by atoms with van der Waals surface area (Å²) in [5, 5.41) is 0.520. The molecule has 5 rings (SSSR count). The molecule has 1 unspecified atom stereocenters. The number of rotatable bonds is 3. The molecule has 4 nitrogen and oxygen atoms in total. The third-order valence-electron chi connectivity index (χ3n) is 5.76. The van der Waals surface area contributed by atoms with Gasteiger partial charge in [-0.2, -0.15) is 0 Å². The summed E-state index contributed by atoms with van der Waals surface area (Å²) in [5.74, 6) is -1.84. The average Bonchev–Trinajstić information content (AvgIpc) is 3.34. The van der Waals surface area contributed by atoms with Gasteiger partial charge in [-0.05, 0) is 48.0 Å². The first-order chi connectivity index (χ1) is 15.4. The van der Waals surface area contributed by atoms with Crippen LogP contribution in [0.1, 0.15) is 21.5 Å². The number of thioether (sulfide) groups is 1. The van der Waals surface area contributed by atoms with E-state index in [0.29, 0.717) is 34.1 Å². The van der Waals surface area contributed by atoms with E-state index in [4.69, 9.17) is 11.6 Å². The summed E-state index contributed by atoms with van der Waals surface area (Å²) in [6, 6.07) is 17.5. The minimum atomic E-state index is -1.20. The van der Waals surface area contributed by atoms with E-state index in [9.17, 15) is 18.4 Å².